The topological polar surface area (TPSA) is 69.9 Å². The Bertz CT molecular complexity index is 719. The van der Waals surface area contributed by atoms with E-state index in [0.717, 1.165) is 30.2 Å². The minimum absolute atomic E-state index is 0.102. The summed E-state index contributed by atoms with van der Waals surface area (Å²) in [5, 5.41) is 14.0. The van der Waals surface area contributed by atoms with Crippen LogP contribution < -0.4 is 5.32 Å². The lowest BCUT2D eigenvalue weighted by atomic mass is 9.91. The number of hydrogen-bond acceptors (Lipinski definition) is 5. The molecule has 0 unspecified atom stereocenters. The van der Waals surface area contributed by atoms with Gasteiger partial charge in [-0.05, 0) is 38.5 Å². The normalized spacial score (nSPS) is 24.9. The third kappa shape index (κ3) is 3.20. The molecule has 0 aromatic carbocycles. The van der Waals surface area contributed by atoms with Crippen LogP contribution >= 0.6 is 11.3 Å². The summed E-state index contributed by atoms with van der Waals surface area (Å²) in [6.07, 6.45) is 7.91. The van der Waals surface area contributed by atoms with Crippen LogP contribution in [0, 0.1) is 12.8 Å². The van der Waals surface area contributed by atoms with Crippen molar-refractivity contribution in [3.8, 4) is 0 Å². The van der Waals surface area contributed by atoms with E-state index in [2.05, 4.69) is 23.4 Å². The number of piperidine rings is 1. The number of aryl methyl sites for hydroxylation is 1. The summed E-state index contributed by atoms with van der Waals surface area (Å²) >= 11 is 1.66. The van der Waals surface area contributed by atoms with E-state index in [-0.39, 0.29) is 12.5 Å². The van der Waals surface area contributed by atoms with E-state index in [9.17, 15) is 9.90 Å². The minimum atomic E-state index is -1.26. The molecule has 7 heteroatoms. The molecule has 1 atom stereocenters. The number of carbonyl (C=O) groups is 1. The van der Waals surface area contributed by atoms with Crippen molar-refractivity contribution in [3.63, 3.8) is 0 Å². The Morgan fingerprint density at radius 1 is 1.46 bits per heavy atom. The van der Waals surface area contributed by atoms with Gasteiger partial charge in [0.05, 0.1) is 5.69 Å². The number of rotatable bonds is 6. The quantitative estimate of drug-likeness (QED) is 0.831. The Morgan fingerprint density at radius 2 is 2.29 bits per heavy atom. The second-order valence-corrected chi connectivity index (χ2v) is 8.41. The number of aromatic nitrogens is 2. The number of imidazole rings is 1. The second-order valence-electron chi connectivity index (χ2n) is 7.20. The molecular formula is C17H24N4O2S. The van der Waals surface area contributed by atoms with Gasteiger partial charge in [0.2, 0.25) is 0 Å². The Labute approximate surface area is 145 Å². The van der Waals surface area contributed by atoms with Crippen molar-refractivity contribution in [2.24, 2.45) is 5.92 Å². The van der Waals surface area contributed by atoms with Gasteiger partial charge in [-0.2, -0.15) is 0 Å². The molecule has 4 rings (SSSR count). The fraction of sp³-hybridized carbons (Fsp3) is 0.647. The van der Waals surface area contributed by atoms with Crippen LogP contribution in [0.25, 0.3) is 4.96 Å². The SMILES string of the molecule is Cc1cn2cc(CNC[C@]3(O)CCCN(CC4CC4)C3=O)nc2s1. The number of hydrogen-bond donors (Lipinski definition) is 2. The third-order valence-corrected chi connectivity index (χ3v) is 5.84. The van der Waals surface area contributed by atoms with E-state index in [1.807, 2.05) is 15.5 Å². The molecule has 24 heavy (non-hydrogen) atoms. The predicted molar refractivity (Wildman–Crippen MR) is 93.0 cm³/mol. The number of carbonyl (C=O) groups excluding carboxylic acids is 1. The molecule has 2 aromatic rings. The number of nitrogens with one attached hydrogen (secondary N) is 1. The summed E-state index contributed by atoms with van der Waals surface area (Å²) in [6.45, 7) is 4.52. The maximum absolute atomic E-state index is 12.6. The van der Waals surface area contributed by atoms with E-state index in [4.69, 9.17) is 0 Å². The van der Waals surface area contributed by atoms with Crippen LogP contribution in [0.2, 0.25) is 0 Å². The van der Waals surface area contributed by atoms with Crippen molar-refractivity contribution in [2.45, 2.75) is 44.8 Å². The fourth-order valence-corrected chi connectivity index (χ4v) is 4.29. The van der Waals surface area contributed by atoms with Crippen LogP contribution in [-0.2, 0) is 11.3 Å². The summed E-state index contributed by atoms with van der Waals surface area (Å²) in [6, 6.07) is 0. The molecule has 0 radical (unpaired) electrons. The van der Waals surface area contributed by atoms with Gasteiger partial charge < -0.3 is 15.3 Å². The molecule has 6 nitrogen and oxygen atoms in total. The maximum Gasteiger partial charge on any atom is 0.255 e. The van der Waals surface area contributed by atoms with Crippen LogP contribution in [0.15, 0.2) is 12.4 Å². The standard InChI is InChI=1S/C17H24N4O2S/c1-12-8-21-10-14(19-16(21)24-12)7-18-11-17(23)5-2-6-20(15(17)22)9-13-3-4-13/h8,10,13,18,23H,2-7,9,11H2,1H3/t17-/m1/s1. The molecular weight excluding hydrogens is 324 g/mol. The van der Waals surface area contributed by atoms with Crippen molar-refractivity contribution in [1.82, 2.24) is 19.6 Å². The van der Waals surface area contributed by atoms with Gasteiger partial charge in [-0.25, -0.2) is 4.98 Å². The maximum atomic E-state index is 12.6. The highest BCUT2D eigenvalue weighted by molar-refractivity contribution is 7.16. The first-order chi connectivity index (χ1) is 11.5. The molecule has 2 aliphatic rings. The number of amides is 1. The fourth-order valence-electron chi connectivity index (χ4n) is 3.46. The lowest BCUT2D eigenvalue weighted by molar-refractivity contribution is -0.156. The minimum Gasteiger partial charge on any atom is -0.379 e. The highest BCUT2D eigenvalue weighted by atomic mass is 32.1. The average molecular weight is 348 g/mol. The van der Waals surface area contributed by atoms with Crippen LogP contribution in [0.5, 0.6) is 0 Å². The molecule has 0 spiro atoms. The average Bonchev–Trinajstić information content (AvgIpc) is 3.17. The molecule has 3 heterocycles. The van der Waals surface area contributed by atoms with Crippen molar-refractivity contribution in [1.29, 1.82) is 0 Å². The first-order valence-electron chi connectivity index (χ1n) is 8.70. The zero-order valence-corrected chi connectivity index (χ0v) is 14.8. The van der Waals surface area contributed by atoms with Gasteiger partial charge >= 0.3 is 0 Å². The van der Waals surface area contributed by atoms with E-state index in [1.54, 1.807) is 11.3 Å². The molecule has 0 bridgehead atoms. The highest BCUT2D eigenvalue weighted by Crippen LogP contribution is 2.32. The smallest absolute Gasteiger partial charge is 0.255 e. The largest absolute Gasteiger partial charge is 0.379 e. The van der Waals surface area contributed by atoms with E-state index in [1.165, 1.54) is 17.7 Å². The molecule has 130 valence electrons. The molecule has 1 saturated carbocycles. The highest BCUT2D eigenvalue weighted by Gasteiger charge is 2.43. The first-order valence-corrected chi connectivity index (χ1v) is 9.52. The summed E-state index contributed by atoms with van der Waals surface area (Å²) in [4.78, 5) is 21.2. The lowest BCUT2D eigenvalue weighted by Gasteiger charge is -2.38. The Balaban J connectivity index is 1.34. The summed E-state index contributed by atoms with van der Waals surface area (Å²) in [5.74, 6) is 0.556. The Kier molecular flexibility index (Phi) is 4.10. The van der Waals surface area contributed by atoms with Crippen LogP contribution in [0.3, 0.4) is 0 Å². The van der Waals surface area contributed by atoms with Gasteiger partial charge in [0.25, 0.3) is 5.91 Å². The van der Waals surface area contributed by atoms with Crippen molar-refractivity contribution in [3.05, 3.63) is 23.0 Å². The van der Waals surface area contributed by atoms with E-state index >= 15 is 0 Å². The van der Waals surface area contributed by atoms with Gasteiger partial charge in [-0.1, -0.05) is 0 Å². The number of thiazole rings is 1. The van der Waals surface area contributed by atoms with Gasteiger partial charge in [0, 0.05) is 43.4 Å². The molecule has 2 N–H and O–H groups in total. The molecule has 1 aliphatic heterocycles. The molecule has 1 saturated heterocycles. The zero-order chi connectivity index (χ0) is 16.7. The predicted octanol–water partition coefficient (Wildman–Crippen LogP) is 1.56. The number of nitrogens with zero attached hydrogens (tertiary/aromatic N) is 3. The van der Waals surface area contributed by atoms with Gasteiger partial charge in [0.15, 0.2) is 10.6 Å². The molecule has 1 aliphatic carbocycles. The third-order valence-electron chi connectivity index (χ3n) is 4.92. The van der Waals surface area contributed by atoms with Crippen molar-refractivity contribution < 1.29 is 9.90 Å². The Morgan fingerprint density at radius 3 is 3.04 bits per heavy atom. The summed E-state index contributed by atoms with van der Waals surface area (Å²) in [5.41, 5.74) is -0.330. The van der Waals surface area contributed by atoms with Crippen LogP contribution in [0.4, 0.5) is 0 Å². The van der Waals surface area contributed by atoms with E-state index in [0.29, 0.717) is 18.9 Å². The monoisotopic (exact) mass is 348 g/mol. The summed E-state index contributed by atoms with van der Waals surface area (Å²) in [7, 11) is 0. The van der Waals surface area contributed by atoms with Crippen LogP contribution in [-0.4, -0.2) is 50.5 Å². The van der Waals surface area contributed by atoms with Crippen molar-refractivity contribution in [2.75, 3.05) is 19.6 Å². The summed E-state index contributed by atoms with van der Waals surface area (Å²) < 4.78 is 2.02. The molecule has 2 aromatic heterocycles. The second kappa shape index (κ2) is 6.13. The van der Waals surface area contributed by atoms with Crippen molar-refractivity contribution >= 4 is 22.2 Å². The zero-order valence-electron chi connectivity index (χ0n) is 14.0. The molecule has 1 amide bonds. The molecule has 2 fully saturated rings. The van der Waals surface area contributed by atoms with Crippen LogP contribution in [0.1, 0.15) is 36.3 Å². The van der Waals surface area contributed by atoms with Gasteiger partial charge in [-0.15, -0.1) is 11.3 Å². The number of fused-ring (bicyclic) bond motifs is 1. The lowest BCUT2D eigenvalue weighted by Crippen LogP contribution is -2.58. The Hall–Kier alpha value is -1.44. The van der Waals surface area contributed by atoms with Gasteiger partial charge in [0.1, 0.15) is 0 Å². The van der Waals surface area contributed by atoms with E-state index < -0.39 is 5.60 Å². The first kappa shape index (κ1) is 16.1. The number of likely N-dealkylation sites (tertiary alicyclic amines) is 1. The number of aliphatic hydroxyl groups is 1. The van der Waals surface area contributed by atoms with Gasteiger partial charge in [-0.3, -0.25) is 9.20 Å².